The van der Waals surface area contributed by atoms with Crippen LogP contribution >= 0.6 is 0 Å². The van der Waals surface area contributed by atoms with E-state index in [4.69, 9.17) is 4.74 Å². The maximum absolute atomic E-state index is 13.3. The first kappa shape index (κ1) is 19.1. The summed E-state index contributed by atoms with van der Waals surface area (Å²) in [5.74, 6) is -0.628. The zero-order valence-corrected chi connectivity index (χ0v) is 15.2. The van der Waals surface area contributed by atoms with Gasteiger partial charge in [-0.2, -0.15) is 0 Å². The van der Waals surface area contributed by atoms with Gasteiger partial charge in [-0.15, -0.1) is 0 Å². The van der Waals surface area contributed by atoms with Crippen LogP contribution in [0.15, 0.2) is 72.8 Å². The van der Waals surface area contributed by atoms with E-state index in [1.54, 1.807) is 31.4 Å². The first-order valence-corrected chi connectivity index (χ1v) is 8.64. The second kappa shape index (κ2) is 8.81. The molecular formula is C22H19FN2O3. The monoisotopic (exact) mass is 378 g/mol. The molecule has 0 aromatic heterocycles. The van der Waals surface area contributed by atoms with E-state index in [2.05, 4.69) is 10.6 Å². The predicted molar refractivity (Wildman–Crippen MR) is 105 cm³/mol. The molecule has 0 unspecified atom stereocenters. The largest absolute Gasteiger partial charge is 0.497 e. The molecule has 2 amide bonds. The second-order valence-electron chi connectivity index (χ2n) is 6.04. The number of anilines is 1. The first-order valence-electron chi connectivity index (χ1n) is 8.64. The lowest BCUT2D eigenvalue weighted by atomic mass is 10.1. The Morgan fingerprint density at radius 1 is 0.929 bits per heavy atom. The third-order valence-corrected chi connectivity index (χ3v) is 4.09. The van der Waals surface area contributed by atoms with Gasteiger partial charge in [0.1, 0.15) is 11.6 Å². The van der Waals surface area contributed by atoms with Crippen LogP contribution in [-0.2, 0) is 6.54 Å². The Hall–Kier alpha value is -3.67. The van der Waals surface area contributed by atoms with Crippen LogP contribution in [0.5, 0.6) is 5.75 Å². The normalized spacial score (nSPS) is 10.2. The lowest BCUT2D eigenvalue weighted by Crippen LogP contribution is -2.25. The number of carbonyl (C=O) groups excluding carboxylic acids is 2. The Kier molecular flexibility index (Phi) is 6.01. The number of hydrogen-bond donors (Lipinski definition) is 2. The van der Waals surface area contributed by atoms with Crippen molar-refractivity contribution in [1.82, 2.24) is 5.32 Å². The minimum atomic E-state index is -0.503. The molecule has 0 radical (unpaired) electrons. The van der Waals surface area contributed by atoms with Crippen LogP contribution in [0.2, 0.25) is 0 Å². The van der Waals surface area contributed by atoms with E-state index in [1.807, 2.05) is 24.3 Å². The maximum atomic E-state index is 13.3. The summed E-state index contributed by atoms with van der Waals surface area (Å²) in [5.41, 5.74) is 1.72. The summed E-state index contributed by atoms with van der Waals surface area (Å²) < 4.78 is 18.5. The number of carbonyl (C=O) groups is 2. The van der Waals surface area contributed by atoms with Crippen LogP contribution in [0.3, 0.4) is 0 Å². The van der Waals surface area contributed by atoms with Gasteiger partial charge in [0, 0.05) is 12.1 Å². The third kappa shape index (κ3) is 4.73. The van der Waals surface area contributed by atoms with E-state index in [9.17, 15) is 14.0 Å². The fraction of sp³-hybridized carbons (Fsp3) is 0.0909. The Bertz CT molecular complexity index is 1000. The topological polar surface area (TPSA) is 67.4 Å². The fourth-order valence-electron chi connectivity index (χ4n) is 2.67. The number of amides is 2. The summed E-state index contributed by atoms with van der Waals surface area (Å²) in [6.07, 6.45) is 0. The van der Waals surface area contributed by atoms with E-state index in [-0.39, 0.29) is 11.5 Å². The molecule has 6 heteroatoms. The highest BCUT2D eigenvalue weighted by atomic mass is 19.1. The Morgan fingerprint density at radius 2 is 1.71 bits per heavy atom. The average molecular weight is 378 g/mol. The Morgan fingerprint density at radius 3 is 2.50 bits per heavy atom. The lowest BCUT2D eigenvalue weighted by molar-refractivity contribution is 0.0951. The van der Waals surface area contributed by atoms with E-state index in [0.717, 1.165) is 11.6 Å². The van der Waals surface area contributed by atoms with Crippen LogP contribution in [0, 0.1) is 5.82 Å². The molecule has 3 aromatic carbocycles. The van der Waals surface area contributed by atoms with Crippen molar-refractivity contribution in [2.24, 2.45) is 0 Å². The summed E-state index contributed by atoms with van der Waals surface area (Å²) in [5, 5.41) is 5.49. The smallest absolute Gasteiger partial charge is 0.255 e. The van der Waals surface area contributed by atoms with Crippen molar-refractivity contribution in [2.75, 3.05) is 12.4 Å². The van der Waals surface area contributed by atoms with E-state index in [0.29, 0.717) is 23.5 Å². The number of rotatable bonds is 6. The minimum absolute atomic E-state index is 0.173. The molecule has 0 spiro atoms. The van der Waals surface area contributed by atoms with Crippen LogP contribution in [-0.4, -0.2) is 18.9 Å². The number of ether oxygens (including phenoxy) is 1. The second-order valence-corrected chi connectivity index (χ2v) is 6.04. The number of nitrogens with one attached hydrogen (secondary N) is 2. The fourth-order valence-corrected chi connectivity index (χ4v) is 2.67. The number of para-hydroxylation sites is 1. The summed E-state index contributed by atoms with van der Waals surface area (Å²) in [7, 11) is 1.58. The van der Waals surface area contributed by atoms with Crippen molar-refractivity contribution in [1.29, 1.82) is 0 Å². The van der Waals surface area contributed by atoms with Gasteiger partial charge in [0.05, 0.1) is 18.4 Å². The van der Waals surface area contributed by atoms with Crippen molar-refractivity contribution >= 4 is 17.5 Å². The highest BCUT2D eigenvalue weighted by Crippen LogP contribution is 2.17. The van der Waals surface area contributed by atoms with Gasteiger partial charge < -0.3 is 15.4 Å². The molecule has 0 aliphatic rings. The third-order valence-electron chi connectivity index (χ3n) is 4.09. The number of benzene rings is 3. The first-order chi connectivity index (χ1) is 13.6. The van der Waals surface area contributed by atoms with Crippen molar-refractivity contribution < 1.29 is 18.7 Å². The maximum Gasteiger partial charge on any atom is 0.255 e. The minimum Gasteiger partial charge on any atom is -0.497 e. The summed E-state index contributed by atoms with van der Waals surface area (Å²) in [6.45, 7) is 0.308. The molecule has 0 saturated carbocycles. The molecule has 0 atom stereocenters. The van der Waals surface area contributed by atoms with Gasteiger partial charge in [-0.1, -0.05) is 30.3 Å². The van der Waals surface area contributed by atoms with E-state index < -0.39 is 11.7 Å². The van der Waals surface area contributed by atoms with Crippen LogP contribution < -0.4 is 15.4 Å². The summed E-state index contributed by atoms with van der Waals surface area (Å²) in [4.78, 5) is 25.0. The molecule has 0 bridgehead atoms. The van der Waals surface area contributed by atoms with Crippen LogP contribution in [0.4, 0.5) is 10.1 Å². The molecule has 2 N–H and O–H groups in total. The molecule has 28 heavy (non-hydrogen) atoms. The number of methoxy groups -OCH3 is 1. The van der Waals surface area contributed by atoms with E-state index in [1.165, 1.54) is 18.2 Å². The van der Waals surface area contributed by atoms with Crippen molar-refractivity contribution in [2.45, 2.75) is 6.54 Å². The Balaban J connectivity index is 1.72. The lowest BCUT2D eigenvalue weighted by Gasteiger charge is -2.12. The van der Waals surface area contributed by atoms with Crippen molar-refractivity contribution in [3.8, 4) is 5.75 Å². The quantitative estimate of drug-likeness (QED) is 0.681. The van der Waals surface area contributed by atoms with Crippen LogP contribution in [0.25, 0.3) is 0 Å². The molecule has 0 aliphatic carbocycles. The zero-order chi connectivity index (χ0) is 19.9. The zero-order valence-electron chi connectivity index (χ0n) is 15.2. The molecule has 0 saturated heterocycles. The molecule has 3 rings (SSSR count). The molecule has 5 nitrogen and oxygen atoms in total. The van der Waals surface area contributed by atoms with Gasteiger partial charge in [-0.25, -0.2) is 4.39 Å². The van der Waals surface area contributed by atoms with Gasteiger partial charge in [0.2, 0.25) is 0 Å². The average Bonchev–Trinajstić information content (AvgIpc) is 2.72. The van der Waals surface area contributed by atoms with Gasteiger partial charge >= 0.3 is 0 Å². The SMILES string of the molecule is COc1cccc(CNC(=O)c2ccccc2NC(=O)c2cccc(F)c2)c1. The highest BCUT2D eigenvalue weighted by molar-refractivity contribution is 6.08. The molecular weight excluding hydrogens is 359 g/mol. The highest BCUT2D eigenvalue weighted by Gasteiger charge is 2.14. The molecule has 0 aliphatic heterocycles. The molecule has 3 aromatic rings. The van der Waals surface area contributed by atoms with Crippen LogP contribution in [0.1, 0.15) is 26.3 Å². The van der Waals surface area contributed by atoms with Gasteiger partial charge in [-0.3, -0.25) is 9.59 Å². The standard InChI is InChI=1S/C22H19FN2O3/c1-28-18-9-4-6-15(12-18)14-24-22(27)19-10-2-3-11-20(19)25-21(26)16-7-5-8-17(23)13-16/h2-13H,14H2,1H3,(H,24,27)(H,25,26). The van der Waals surface area contributed by atoms with Gasteiger partial charge in [0.25, 0.3) is 11.8 Å². The molecule has 142 valence electrons. The van der Waals surface area contributed by atoms with E-state index >= 15 is 0 Å². The van der Waals surface area contributed by atoms with Crippen molar-refractivity contribution in [3.63, 3.8) is 0 Å². The molecule has 0 fully saturated rings. The predicted octanol–water partition coefficient (Wildman–Crippen LogP) is 4.02. The van der Waals surface area contributed by atoms with Gasteiger partial charge in [-0.05, 0) is 48.0 Å². The number of halogens is 1. The van der Waals surface area contributed by atoms with Crippen molar-refractivity contribution in [3.05, 3.63) is 95.3 Å². The number of hydrogen-bond acceptors (Lipinski definition) is 3. The summed E-state index contributed by atoms with van der Waals surface area (Å²) in [6, 6.07) is 19.4. The van der Waals surface area contributed by atoms with Gasteiger partial charge in [0.15, 0.2) is 0 Å². The molecule has 0 heterocycles. The summed E-state index contributed by atoms with van der Waals surface area (Å²) >= 11 is 0. The Labute approximate surface area is 162 Å².